The van der Waals surface area contributed by atoms with Gasteiger partial charge in [0.05, 0.1) is 6.20 Å². The number of piperazine rings is 1. The van der Waals surface area contributed by atoms with Crippen LogP contribution in [0.3, 0.4) is 0 Å². The van der Waals surface area contributed by atoms with E-state index in [4.69, 9.17) is 11.6 Å². The van der Waals surface area contributed by atoms with Crippen LogP contribution in [0.2, 0.25) is 0 Å². The maximum Gasteiger partial charge on any atom is 0.151 e. The molecule has 0 atom stereocenters. The fourth-order valence-corrected chi connectivity index (χ4v) is 2.16. The van der Waals surface area contributed by atoms with Crippen molar-refractivity contribution in [1.29, 1.82) is 0 Å². The number of hydrogen-bond donors (Lipinski definition) is 0. The normalized spacial score (nSPS) is 17.8. The second kappa shape index (κ2) is 5.46. The molecule has 2 heterocycles. The molecule has 1 aliphatic heterocycles. The van der Waals surface area contributed by atoms with Crippen LogP contribution >= 0.6 is 11.6 Å². The molecule has 1 aromatic rings. The third-order valence-electron chi connectivity index (χ3n) is 2.88. The van der Waals surface area contributed by atoms with Crippen molar-refractivity contribution in [3.63, 3.8) is 0 Å². The molecule has 0 unspecified atom stereocenters. The predicted molar refractivity (Wildman–Crippen MR) is 66.1 cm³/mol. The van der Waals surface area contributed by atoms with Crippen LogP contribution in [0.5, 0.6) is 0 Å². The molecule has 0 aliphatic carbocycles. The second-order valence-corrected chi connectivity index (χ2v) is 4.49. The Morgan fingerprint density at radius 3 is 2.69 bits per heavy atom. The SMILES string of the molecule is Cc1cnnc(N2CCN(CCCl)CC2)c1. The van der Waals surface area contributed by atoms with Crippen molar-refractivity contribution in [2.45, 2.75) is 6.92 Å². The lowest BCUT2D eigenvalue weighted by molar-refractivity contribution is 0.272. The number of aryl methyl sites for hydroxylation is 1. The van der Waals surface area contributed by atoms with Gasteiger partial charge in [-0.05, 0) is 18.6 Å². The van der Waals surface area contributed by atoms with Crippen molar-refractivity contribution in [2.24, 2.45) is 0 Å². The van der Waals surface area contributed by atoms with Gasteiger partial charge in [0, 0.05) is 38.6 Å². The zero-order valence-corrected chi connectivity index (χ0v) is 10.3. The Morgan fingerprint density at radius 2 is 2.06 bits per heavy atom. The molecule has 0 spiro atoms. The Morgan fingerprint density at radius 1 is 1.31 bits per heavy atom. The van der Waals surface area contributed by atoms with Crippen molar-refractivity contribution in [2.75, 3.05) is 43.5 Å². The number of rotatable bonds is 3. The maximum atomic E-state index is 5.73. The number of anilines is 1. The summed E-state index contributed by atoms with van der Waals surface area (Å²) in [4.78, 5) is 4.66. The van der Waals surface area contributed by atoms with Gasteiger partial charge in [-0.3, -0.25) is 4.90 Å². The minimum Gasteiger partial charge on any atom is -0.353 e. The number of aromatic nitrogens is 2. The van der Waals surface area contributed by atoms with Crippen LogP contribution in [-0.2, 0) is 0 Å². The minimum absolute atomic E-state index is 0.713. The predicted octanol–water partition coefficient (Wildman–Crippen LogP) is 1.15. The quantitative estimate of drug-likeness (QED) is 0.742. The first-order chi connectivity index (χ1) is 7.79. The highest BCUT2D eigenvalue weighted by molar-refractivity contribution is 6.18. The highest BCUT2D eigenvalue weighted by Crippen LogP contribution is 2.13. The molecule has 2 rings (SSSR count). The largest absolute Gasteiger partial charge is 0.353 e. The summed E-state index contributed by atoms with van der Waals surface area (Å²) in [7, 11) is 0. The first-order valence-electron chi connectivity index (χ1n) is 5.62. The van der Waals surface area contributed by atoms with E-state index >= 15 is 0 Å². The van der Waals surface area contributed by atoms with Crippen LogP contribution in [0.1, 0.15) is 5.56 Å². The molecule has 88 valence electrons. The fourth-order valence-electron chi connectivity index (χ4n) is 1.92. The Kier molecular flexibility index (Phi) is 3.96. The average molecular weight is 241 g/mol. The summed E-state index contributed by atoms with van der Waals surface area (Å²) >= 11 is 5.73. The van der Waals surface area contributed by atoms with E-state index in [-0.39, 0.29) is 0 Å². The molecule has 0 amide bonds. The molecule has 0 radical (unpaired) electrons. The van der Waals surface area contributed by atoms with E-state index in [2.05, 4.69) is 26.1 Å². The summed E-state index contributed by atoms with van der Waals surface area (Å²) in [5.41, 5.74) is 1.16. The molecule has 0 N–H and O–H groups in total. The second-order valence-electron chi connectivity index (χ2n) is 4.11. The van der Waals surface area contributed by atoms with Gasteiger partial charge < -0.3 is 4.90 Å². The van der Waals surface area contributed by atoms with Crippen molar-refractivity contribution < 1.29 is 0 Å². The molecule has 0 bridgehead atoms. The summed E-state index contributed by atoms with van der Waals surface area (Å²) in [6, 6.07) is 2.09. The summed E-state index contributed by atoms with van der Waals surface area (Å²) in [5.74, 6) is 1.70. The number of nitrogens with zero attached hydrogens (tertiary/aromatic N) is 4. The van der Waals surface area contributed by atoms with E-state index < -0.39 is 0 Å². The molecular formula is C11H17ClN4. The van der Waals surface area contributed by atoms with Crippen LogP contribution < -0.4 is 4.90 Å². The zero-order valence-electron chi connectivity index (χ0n) is 9.56. The molecule has 1 saturated heterocycles. The van der Waals surface area contributed by atoms with E-state index in [0.717, 1.165) is 44.1 Å². The van der Waals surface area contributed by atoms with E-state index in [1.54, 1.807) is 6.20 Å². The van der Waals surface area contributed by atoms with E-state index in [1.807, 2.05) is 6.92 Å². The highest BCUT2D eigenvalue weighted by atomic mass is 35.5. The van der Waals surface area contributed by atoms with Gasteiger partial charge in [-0.25, -0.2) is 0 Å². The van der Waals surface area contributed by atoms with E-state index in [9.17, 15) is 0 Å². The summed E-state index contributed by atoms with van der Waals surface area (Å²) < 4.78 is 0. The van der Waals surface area contributed by atoms with Crippen LogP contribution in [0, 0.1) is 6.92 Å². The van der Waals surface area contributed by atoms with Crippen LogP contribution in [0.25, 0.3) is 0 Å². The van der Waals surface area contributed by atoms with Crippen molar-refractivity contribution in [3.8, 4) is 0 Å². The monoisotopic (exact) mass is 240 g/mol. The molecule has 16 heavy (non-hydrogen) atoms. The lowest BCUT2D eigenvalue weighted by Gasteiger charge is -2.34. The van der Waals surface area contributed by atoms with Crippen LogP contribution in [0.15, 0.2) is 12.3 Å². The summed E-state index contributed by atoms with van der Waals surface area (Å²) in [6.07, 6.45) is 1.78. The Balaban J connectivity index is 1.94. The standard InChI is InChI=1S/C11H17ClN4/c1-10-8-11(14-13-9-10)16-6-4-15(3-2-12)5-7-16/h8-9H,2-7H2,1H3. The number of hydrogen-bond acceptors (Lipinski definition) is 4. The van der Waals surface area contributed by atoms with Gasteiger partial charge in [-0.15, -0.1) is 16.7 Å². The summed E-state index contributed by atoms with van der Waals surface area (Å²) in [6.45, 7) is 7.16. The first-order valence-corrected chi connectivity index (χ1v) is 6.15. The average Bonchev–Trinajstić information content (AvgIpc) is 2.30. The van der Waals surface area contributed by atoms with Crippen molar-refractivity contribution in [3.05, 3.63) is 17.8 Å². The van der Waals surface area contributed by atoms with Crippen molar-refractivity contribution in [1.82, 2.24) is 15.1 Å². The molecular weight excluding hydrogens is 224 g/mol. The topological polar surface area (TPSA) is 32.3 Å². The van der Waals surface area contributed by atoms with Crippen molar-refractivity contribution >= 4 is 17.4 Å². The maximum absolute atomic E-state index is 5.73. The van der Waals surface area contributed by atoms with Crippen LogP contribution in [0.4, 0.5) is 5.82 Å². The minimum atomic E-state index is 0.713. The van der Waals surface area contributed by atoms with Gasteiger partial charge in [-0.2, -0.15) is 5.10 Å². The lowest BCUT2D eigenvalue weighted by atomic mass is 10.3. The molecule has 1 aliphatic rings. The molecule has 1 fully saturated rings. The van der Waals surface area contributed by atoms with Gasteiger partial charge >= 0.3 is 0 Å². The van der Waals surface area contributed by atoms with E-state index in [0.29, 0.717) is 5.88 Å². The van der Waals surface area contributed by atoms with E-state index in [1.165, 1.54) is 0 Å². The Bertz CT molecular complexity index is 337. The van der Waals surface area contributed by atoms with Crippen LogP contribution in [-0.4, -0.2) is 53.7 Å². The molecule has 4 nitrogen and oxygen atoms in total. The first kappa shape index (κ1) is 11.6. The van der Waals surface area contributed by atoms with Gasteiger partial charge in [0.1, 0.15) is 0 Å². The van der Waals surface area contributed by atoms with Gasteiger partial charge in [0.15, 0.2) is 5.82 Å². The lowest BCUT2D eigenvalue weighted by Crippen LogP contribution is -2.47. The molecule has 5 heteroatoms. The van der Waals surface area contributed by atoms with Gasteiger partial charge in [-0.1, -0.05) is 0 Å². The third kappa shape index (κ3) is 2.83. The summed E-state index contributed by atoms with van der Waals surface area (Å²) in [5, 5.41) is 8.15. The third-order valence-corrected chi connectivity index (χ3v) is 3.04. The molecule has 0 aromatic carbocycles. The Labute approximate surface area is 101 Å². The molecule has 1 aromatic heterocycles. The number of alkyl halides is 1. The van der Waals surface area contributed by atoms with Gasteiger partial charge in [0.25, 0.3) is 0 Å². The Hall–Kier alpha value is -0.870. The van der Waals surface area contributed by atoms with Gasteiger partial charge in [0.2, 0.25) is 0 Å². The smallest absolute Gasteiger partial charge is 0.151 e. The zero-order chi connectivity index (χ0) is 11.4. The fraction of sp³-hybridized carbons (Fsp3) is 0.636. The highest BCUT2D eigenvalue weighted by Gasteiger charge is 2.17. The number of halogens is 1. The molecule has 0 saturated carbocycles.